The van der Waals surface area contributed by atoms with Crippen LogP contribution in [0.25, 0.3) is 11.0 Å². The van der Waals surface area contributed by atoms with Crippen LogP contribution in [0.2, 0.25) is 0 Å². The highest BCUT2D eigenvalue weighted by Gasteiger charge is 2.22. The summed E-state index contributed by atoms with van der Waals surface area (Å²) in [5, 5.41) is 0. The molecule has 3 heteroatoms. The van der Waals surface area contributed by atoms with Gasteiger partial charge in [0.2, 0.25) is 0 Å². The lowest BCUT2D eigenvalue weighted by molar-refractivity contribution is 0.685. The number of fused-ring (bicyclic) bond motifs is 3. The SMILES string of the molecule is Cc1ccc2c(c1)nc1n2CCC1N. The van der Waals surface area contributed by atoms with Gasteiger partial charge in [-0.3, -0.25) is 0 Å². The summed E-state index contributed by atoms with van der Waals surface area (Å²) in [6.45, 7) is 3.10. The number of nitrogens with zero attached hydrogens (tertiary/aromatic N) is 2. The van der Waals surface area contributed by atoms with E-state index in [1.165, 1.54) is 11.1 Å². The molecule has 1 aliphatic heterocycles. The highest BCUT2D eigenvalue weighted by atomic mass is 15.1. The third kappa shape index (κ3) is 0.930. The summed E-state index contributed by atoms with van der Waals surface area (Å²) in [6.07, 6.45) is 1.02. The molecule has 0 radical (unpaired) electrons. The number of benzene rings is 1. The second-order valence-electron chi connectivity index (χ2n) is 4.01. The van der Waals surface area contributed by atoms with Gasteiger partial charge in [0.15, 0.2) is 0 Å². The average molecular weight is 187 g/mol. The Bertz CT molecular complexity index is 498. The summed E-state index contributed by atoms with van der Waals surface area (Å²) in [7, 11) is 0. The lowest BCUT2D eigenvalue weighted by atomic mass is 10.2. The molecule has 0 fully saturated rings. The molecule has 3 nitrogen and oxygen atoms in total. The van der Waals surface area contributed by atoms with Crippen molar-refractivity contribution in [3.05, 3.63) is 29.6 Å². The number of aryl methyl sites for hydroxylation is 2. The number of hydrogen-bond acceptors (Lipinski definition) is 2. The van der Waals surface area contributed by atoms with Crippen molar-refractivity contribution in [1.82, 2.24) is 9.55 Å². The molecule has 0 spiro atoms. The van der Waals surface area contributed by atoms with Gasteiger partial charge in [-0.05, 0) is 31.0 Å². The topological polar surface area (TPSA) is 43.8 Å². The Hall–Kier alpha value is -1.35. The predicted molar refractivity (Wildman–Crippen MR) is 56.0 cm³/mol. The maximum atomic E-state index is 5.96. The Balaban J connectivity index is 2.34. The molecule has 2 heterocycles. The van der Waals surface area contributed by atoms with Crippen LogP contribution in [0, 0.1) is 6.92 Å². The third-order valence-corrected chi connectivity index (χ3v) is 2.93. The normalized spacial score (nSPS) is 20.3. The second-order valence-corrected chi connectivity index (χ2v) is 4.01. The molecule has 0 saturated heterocycles. The Morgan fingerprint density at radius 3 is 3.21 bits per heavy atom. The first-order valence-corrected chi connectivity index (χ1v) is 4.98. The van der Waals surface area contributed by atoms with Crippen molar-refractivity contribution in [2.75, 3.05) is 0 Å². The number of hydrogen-bond donors (Lipinski definition) is 1. The van der Waals surface area contributed by atoms with Gasteiger partial charge in [0, 0.05) is 6.54 Å². The van der Waals surface area contributed by atoms with E-state index in [1.807, 2.05) is 0 Å². The van der Waals surface area contributed by atoms with Crippen LogP contribution in [0.15, 0.2) is 18.2 Å². The largest absolute Gasteiger partial charge is 0.327 e. The molecule has 0 bridgehead atoms. The fourth-order valence-corrected chi connectivity index (χ4v) is 2.17. The van der Waals surface area contributed by atoms with E-state index in [0.29, 0.717) is 0 Å². The molecule has 1 atom stereocenters. The highest BCUT2D eigenvalue weighted by Crippen LogP contribution is 2.28. The Morgan fingerprint density at radius 1 is 1.50 bits per heavy atom. The molecule has 2 N–H and O–H groups in total. The molecule has 2 aromatic rings. The Morgan fingerprint density at radius 2 is 2.36 bits per heavy atom. The van der Waals surface area contributed by atoms with E-state index in [2.05, 4.69) is 34.7 Å². The van der Waals surface area contributed by atoms with Crippen LogP contribution in [-0.2, 0) is 6.54 Å². The minimum absolute atomic E-state index is 0.128. The van der Waals surface area contributed by atoms with Gasteiger partial charge in [0.25, 0.3) is 0 Å². The minimum atomic E-state index is 0.128. The maximum Gasteiger partial charge on any atom is 0.126 e. The Labute approximate surface area is 82.5 Å². The van der Waals surface area contributed by atoms with Gasteiger partial charge in [-0.25, -0.2) is 4.98 Å². The van der Waals surface area contributed by atoms with Crippen molar-refractivity contribution in [3.8, 4) is 0 Å². The van der Waals surface area contributed by atoms with Crippen LogP contribution in [-0.4, -0.2) is 9.55 Å². The van der Waals surface area contributed by atoms with Gasteiger partial charge < -0.3 is 10.3 Å². The fraction of sp³-hybridized carbons (Fsp3) is 0.364. The van der Waals surface area contributed by atoms with Gasteiger partial charge in [-0.2, -0.15) is 0 Å². The molecule has 14 heavy (non-hydrogen) atoms. The summed E-state index contributed by atoms with van der Waals surface area (Å²) in [6, 6.07) is 6.51. The molecular formula is C11H13N3. The lowest BCUT2D eigenvalue weighted by Crippen LogP contribution is -2.06. The summed E-state index contributed by atoms with van der Waals surface area (Å²) in [4.78, 5) is 4.57. The van der Waals surface area contributed by atoms with E-state index in [4.69, 9.17) is 5.73 Å². The van der Waals surface area contributed by atoms with Crippen LogP contribution in [0.5, 0.6) is 0 Å². The molecule has 1 aromatic carbocycles. The molecule has 1 aromatic heterocycles. The second kappa shape index (κ2) is 2.58. The maximum absolute atomic E-state index is 5.96. The molecule has 72 valence electrons. The third-order valence-electron chi connectivity index (χ3n) is 2.93. The molecule has 1 aliphatic rings. The van der Waals surface area contributed by atoms with Crippen LogP contribution in [0.4, 0.5) is 0 Å². The summed E-state index contributed by atoms with van der Waals surface area (Å²) in [5.41, 5.74) is 9.52. The summed E-state index contributed by atoms with van der Waals surface area (Å²) < 4.78 is 2.24. The van der Waals surface area contributed by atoms with Gasteiger partial charge in [-0.1, -0.05) is 6.07 Å². The molecule has 0 amide bonds. The smallest absolute Gasteiger partial charge is 0.126 e. The number of nitrogens with two attached hydrogens (primary N) is 1. The van der Waals surface area contributed by atoms with Crippen LogP contribution < -0.4 is 5.73 Å². The molecule has 0 saturated carbocycles. The van der Waals surface area contributed by atoms with Crippen LogP contribution in [0.1, 0.15) is 23.9 Å². The first-order valence-electron chi connectivity index (χ1n) is 4.98. The average Bonchev–Trinajstić information content (AvgIpc) is 2.66. The van der Waals surface area contributed by atoms with E-state index >= 15 is 0 Å². The first kappa shape index (κ1) is 8.00. The van der Waals surface area contributed by atoms with Gasteiger partial charge >= 0.3 is 0 Å². The van der Waals surface area contributed by atoms with E-state index in [-0.39, 0.29) is 6.04 Å². The number of rotatable bonds is 0. The first-order chi connectivity index (χ1) is 6.75. The van der Waals surface area contributed by atoms with E-state index < -0.39 is 0 Å². The lowest BCUT2D eigenvalue weighted by Gasteiger charge is -1.97. The minimum Gasteiger partial charge on any atom is -0.327 e. The van der Waals surface area contributed by atoms with Gasteiger partial charge in [-0.15, -0.1) is 0 Å². The van der Waals surface area contributed by atoms with Crippen molar-refractivity contribution < 1.29 is 0 Å². The Kier molecular flexibility index (Phi) is 1.47. The monoisotopic (exact) mass is 187 g/mol. The van der Waals surface area contributed by atoms with Crippen molar-refractivity contribution in [2.45, 2.75) is 25.9 Å². The number of imidazole rings is 1. The van der Waals surface area contributed by atoms with Gasteiger partial charge in [0.1, 0.15) is 5.82 Å². The van der Waals surface area contributed by atoms with E-state index in [1.54, 1.807) is 0 Å². The quantitative estimate of drug-likeness (QED) is 0.682. The molecule has 0 aliphatic carbocycles. The number of aromatic nitrogens is 2. The zero-order valence-electron chi connectivity index (χ0n) is 8.20. The highest BCUT2D eigenvalue weighted by molar-refractivity contribution is 5.77. The fourth-order valence-electron chi connectivity index (χ4n) is 2.17. The van der Waals surface area contributed by atoms with Crippen molar-refractivity contribution >= 4 is 11.0 Å². The van der Waals surface area contributed by atoms with Crippen molar-refractivity contribution in [3.63, 3.8) is 0 Å². The molecule has 3 rings (SSSR count). The summed E-state index contributed by atoms with van der Waals surface area (Å²) in [5.74, 6) is 1.05. The van der Waals surface area contributed by atoms with Crippen LogP contribution in [0.3, 0.4) is 0 Å². The summed E-state index contributed by atoms with van der Waals surface area (Å²) >= 11 is 0. The van der Waals surface area contributed by atoms with Crippen molar-refractivity contribution in [2.24, 2.45) is 5.73 Å². The van der Waals surface area contributed by atoms with Crippen LogP contribution >= 0.6 is 0 Å². The zero-order chi connectivity index (χ0) is 9.71. The van der Waals surface area contributed by atoms with Crippen molar-refractivity contribution in [1.29, 1.82) is 0 Å². The van der Waals surface area contributed by atoms with Gasteiger partial charge in [0.05, 0.1) is 17.1 Å². The molecule has 1 unspecified atom stereocenters. The predicted octanol–water partition coefficient (Wildman–Crippen LogP) is 1.75. The zero-order valence-corrected chi connectivity index (χ0v) is 8.20. The van der Waals surface area contributed by atoms with E-state index in [0.717, 1.165) is 24.3 Å². The standard InChI is InChI=1S/C11H13N3/c1-7-2-3-10-9(6-7)13-11-8(12)4-5-14(10)11/h2-3,6,8H,4-5,12H2,1H3. The van der Waals surface area contributed by atoms with E-state index in [9.17, 15) is 0 Å². The molecular weight excluding hydrogens is 174 g/mol.